The third kappa shape index (κ3) is 4.31. The number of nitriles is 1. The standard InChI is InChI=1S/C20H20FN3O3S/c1-20(2,3)27-19(26)24-8-7-14-15(10-22)18(28-16(14)11-24)23-17(25)12-5-4-6-13(21)9-12/h4-6,9H,7-8,11H2,1-3H3,(H,23,25). The van der Waals surface area contributed by atoms with Crippen LogP contribution >= 0.6 is 11.3 Å². The Hall–Kier alpha value is -2.92. The van der Waals surface area contributed by atoms with Gasteiger partial charge in [0.25, 0.3) is 5.91 Å². The lowest BCUT2D eigenvalue weighted by atomic mass is 10.0. The van der Waals surface area contributed by atoms with Gasteiger partial charge < -0.3 is 15.0 Å². The first kappa shape index (κ1) is 19.8. The topological polar surface area (TPSA) is 82.4 Å². The van der Waals surface area contributed by atoms with Gasteiger partial charge in [-0.15, -0.1) is 11.3 Å². The molecule has 1 N–H and O–H groups in total. The quantitative estimate of drug-likeness (QED) is 0.813. The van der Waals surface area contributed by atoms with Crippen molar-refractivity contribution in [3.05, 3.63) is 51.7 Å². The SMILES string of the molecule is CC(C)(C)OC(=O)N1CCc2c(sc(NC(=O)c3cccc(F)c3)c2C#N)C1. The number of carbonyl (C=O) groups is 2. The summed E-state index contributed by atoms with van der Waals surface area (Å²) in [4.78, 5) is 27.2. The third-order valence-corrected chi connectivity index (χ3v) is 5.27. The fraction of sp³-hybridized carbons (Fsp3) is 0.350. The summed E-state index contributed by atoms with van der Waals surface area (Å²) in [6.45, 7) is 6.17. The van der Waals surface area contributed by atoms with Crippen LogP contribution in [0.5, 0.6) is 0 Å². The van der Waals surface area contributed by atoms with Gasteiger partial charge in [-0.2, -0.15) is 5.26 Å². The van der Waals surface area contributed by atoms with Crippen molar-refractivity contribution >= 4 is 28.3 Å². The second-order valence-electron chi connectivity index (χ2n) is 7.44. The fourth-order valence-corrected chi connectivity index (χ4v) is 4.11. The molecule has 3 rings (SSSR count). The predicted octanol–water partition coefficient (Wildman–Crippen LogP) is 4.30. The van der Waals surface area contributed by atoms with E-state index in [9.17, 15) is 19.2 Å². The number of hydrogen-bond donors (Lipinski definition) is 1. The van der Waals surface area contributed by atoms with Crippen molar-refractivity contribution in [2.75, 3.05) is 11.9 Å². The van der Waals surface area contributed by atoms with Crippen molar-refractivity contribution in [1.29, 1.82) is 5.26 Å². The summed E-state index contributed by atoms with van der Waals surface area (Å²) in [5.41, 5.74) is 0.815. The van der Waals surface area contributed by atoms with E-state index in [1.54, 1.807) is 25.7 Å². The molecule has 146 valence electrons. The molecular formula is C20H20FN3O3S. The predicted molar refractivity (Wildman–Crippen MR) is 104 cm³/mol. The van der Waals surface area contributed by atoms with Gasteiger partial charge in [-0.3, -0.25) is 4.79 Å². The molecule has 0 bridgehead atoms. The van der Waals surface area contributed by atoms with E-state index in [1.165, 1.54) is 29.5 Å². The molecular weight excluding hydrogens is 381 g/mol. The molecule has 6 nitrogen and oxygen atoms in total. The lowest BCUT2D eigenvalue weighted by Crippen LogP contribution is -2.39. The second-order valence-corrected chi connectivity index (χ2v) is 8.54. The molecule has 28 heavy (non-hydrogen) atoms. The van der Waals surface area contributed by atoms with Crippen LogP contribution in [0.2, 0.25) is 0 Å². The number of anilines is 1. The average molecular weight is 401 g/mol. The van der Waals surface area contributed by atoms with Crippen LogP contribution in [-0.4, -0.2) is 29.0 Å². The molecule has 0 atom stereocenters. The zero-order chi connectivity index (χ0) is 20.5. The Labute approximate surface area is 166 Å². The van der Waals surface area contributed by atoms with Gasteiger partial charge in [0.1, 0.15) is 22.5 Å². The molecule has 8 heteroatoms. The molecule has 0 spiro atoms. The molecule has 2 amide bonds. The minimum absolute atomic E-state index is 0.172. The van der Waals surface area contributed by atoms with Crippen LogP contribution in [0.25, 0.3) is 0 Å². The maximum absolute atomic E-state index is 13.4. The third-order valence-electron chi connectivity index (χ3n) is 4.13. The Bertz CT molecular complexity index is 972. The highest BCUT2D eigenvalue weighted by Crippen LogP contribution is 2.37. The summed E-state index contributed by atoms with van der Waals surface area (Å²) in [5, 5.41) is 12.7. The molecule has 2 aromatic rings. The van der Waals surface area contributed by atoms with Gasteiger partial charge in [0.05, 0.1) is 12.1 Å². The second kappa shape index (κ2) is 7.60. The summed E-state index contributed by atoms with van der Waals surface area (Å²) in [5.74, 6) is -0.995. The number of nitrogens with zero attached hydrogens (tertiary/aromatic N) is 2. The fourth-order valence-electron chi connectivity index (χ4n) is 2.90. The number of carbonyl (C=O) groups excluding carboxylic acids is 2. The van der Waals surface area contributed by atoms with Gasteiger partial charge in [-0.1, -0.05) is 6.07 Å². The first-order valence-corrected chi connectivity index (χ1v) is 9.59. The number of halogens is 1. The number of fused-ring (bicyclic) bond motifs is 1. The lowest BCUT2D eigenvalue weighted by Gasteiger charge is -2.29. The van der Waals surface area contributed by atoms with E-state index in [1.807, 2.05) is 0 Å². The molecule has 1 aliphatic rings. The number of benzene rings is 1. The van der Waals surface area contributed by atoms with Crippen LogP contribution < -0.4 is 5.32 Å². The minimum Gasteiger partial charge on any atom is -0.444 e. The lowest BCUT2D eigenvalue weighted by molar-refractivity contribution is 0.0226. The summed E-state index contributed by atoms with van der Waals surface area (Å²) < 4.78 is 18.8. The van der Waals surface area contributed by atoms with Crippen molar-refractivity contribution < 1.29 is 18.7 Å². The first-order valence-electron chi connectivity index (χ1n) is 8.77. The number of hydrogen-bond acceptors (Lipinski definition) is 5. The van der Waals surface area contributed by atoms with Gasteiger partial charge in [-0.25, -0.2) is 9.18 Å². The largest absolute Gasteiger partial charge is 0.444 e. The van der Waals surface area contributed by atoms with Crippen LogP contribution in [0.1, 0.15) is 47.1 Å². The summed E-state index contributed by atoms with van der Waals surface area (Å²) in [6.07, 6.45) is 0.0967. The van der Waals surface area contributed by atoms with E-state index in [0.717, 1.165) is 16.5 Å². The van der Waals surface area contributed by atoms with Gasteiger partial charge in [-0.05, 0) is 51.0 Å². The molecule has 2 heterocycles. The molecule has 1 aromatic carbocycles. The number of ether oxygens (including phenoxy) is 1. The Morgan fingerprint density at radius 3 is 2.75 bits per heavy atom. The number of nitrogens with one attached hydrogen (secondary N) is 1. The molecule has 0 saturated heterocycles. The number of thiophene rings is 1. The molecule has 1 aliphatic heterocycles. The molecule has 0 fully saturated rings. The van der Waals surface area contributed by atoms with Gasteiger partial charge in [0.15, 0.2) is 0 Å². The molecule has 0 aliphatic carbocycles. The van der Waals surface area contributed by atoms with E-state index >= 15 is 0 Å². The maximum Gasteiger partial charge on any atom is 0.410 e. The summed E-state index contributed by atoms with van der Waals surface area (Å²) in [6, 6.07) is 7.49. The first-order chi connectivity index (χ1) is 13.2. The van der Waals surface area contributed by atoms with Crippen LogP contribution in [0.15, 0.2) is 24.3 Å². The Morgan fingerprint density at radius 2 is 2.11 bits per heavy atom. The number of rotatable bonds is 2. The molecule has 1 aromatic heterocycles. The van der Waals surface area contributed by atoms with Crippen LogP contribution in [0.4, 0.5) is 14.2 Å². The zero-order valence-corrected chi connectivity index (χ0v) is 16.7. The van der Waals surface area contributed by atoms with Gasteiger partial charge in [0, 0.05) is 17.0 Å². The van der Waals surface area contributed by atoms with Crippen molar-refractivity contribution in [2.45, 2.75) is 39.3 Å². The van der Waals surface area contributed by atoms with Crippen LogP contribution in [0.3, 0.4) is 0 Å². The Balaban J connectivity index is 1.80. The zero-order valence-electron chi connectivity index (χ0n) is 15.8. The summed E-state index contributed by atoms with van der Waals surface area (Å²) in [7, 11) is 0. The Kier molecular flexibility index (Phi) is 5.38. The van der Waals surface area contributed by atoms with Crippen LogP contribution in [0, 0.1) is 17.1 Å². The molecule has 0 saturated carbocycles. The van der Waals surface area contributed by atoms with E-state index < -0.39 is 23.4 Å². The van der Waals surface area contributed by atoms with Crippen LogP contribution in [-0.2, 0) is 17.7 Å². The molecule has 0 unspecified atom stereocenters. The average Bonchev–Trinajstić information content (AvgIpc) is 2.96. The highest BCUT2D eigenvalue weighted by Gasteiger charge is 2.30. The van der Waals surface area contributed by atoms with Crippen molar-refractivity contribution in [2.24, 2.45) is 0 Å². The monoisotopic (exact) mass is 401 g/mol. The van der Waals surface area contributed by atoms with Crippen molar-refractivity contribution in [1.82, 2.24) is 4.90 Å². The van der Waals surface area contributed by atoms with Crippen molar-refractivity contribution in [3.8, 4) is 6.07 Å². The van der Waals surface area contributed by atoms with E-state index in [2.05, 4.69) is 11.4 Å². The Morgan fingerprint density at radius 1 is 1.36 bits per heavy atom. The maximum atomic E-state index is 13.4. The number of amides is 2. The smallest absolute Gasteiger partial charge is 0.410 e. The van der Waals surface area contributed by atoms with E-state index in [-0.39, 0.29) is 5.56 Å². The molecule has 0 radical (unpaired) electrons. The summed E-state index contributed by atoms with van der Waals surface area (Å²) >= 11 is 1.26. The normalized spacial score (nSPS) is 13.5. The minimum atomic E-state index is -0.589. The van der Waals surface area contributed by atoms with Gasteiger partial charge in [0.2, 0.25) is 0 Å². The van der Waals surface area contributed by atoms with Crippen molar-refractivity contribution in [3.63, 3.8) is 0 Å². The van der Waals surface area contributed by atoms with E-state index in [4.69, 9.17) is 4.74 Å². The van der Waals surface area contributed by atoms with E-state index in [0.29, 0.717) is 30.1 Å². The highest BCUT2D eigenvalue weighted by molar-refractivity contribution is 7.16. The van der Waals surface area contributed by atoms with Gasteiger partial charge >= 0.3 is 6.09 Å². The highest BCUT2D eigenvalue weighted by atomic mass is 32.1.